The molecular formula is C4H3FLiN2O9P. The number of nitrogens with zero attached hydrogens (tertiary/aromatic N) is 2. The van der Waals surface area contributed by atoms with Crippen LogP contribution in [0.5, 0.6) is 0 Å². The average molecular weight is 280 g/mol. The van der Waals surface area contributed by atoms with Crippen LogP contribution in [0.25, 0.3) is 0 Å². The minimum atomic E-state index is -5.14. The molecule has 0 aliphatic carbocycles. The molecule has 0 rings (SSSR count). The van der Waals surface area contributed by atoms with Gasteiger partial charge in [-0.15, -0.1) is 4.20 Å². The third-order valence-corrected chi connectivity index (χ3v) is 0.498. The predicted octanol–water partition coefficient (Wildman–Crippen LogP) is -4.26. The third kappa shape index (κ3) is 23.9. The minimum absolute atomic E-state index is 0. The molecule has 0 saturated heterocycles. The second-order valence-electron chi connectivity index (χ2n) is 1.60. The van der Waals surface area contributed by atoms with Crippen molar-refractivity contribution < 1.29 is 67.7 Å². The molecule has 2 N–H and O–H groups in total. The summed E-state index contributed by atoms with van der Waals surface area (Å²) in [5, 5.41) is 4.61. The Morgan fingerprint density at radius 3 is 1.50 bits per heavy atom. The Balaban J connectivity index is -0.000000139. The zero-order valence-electron chi connectivity index (χ0n) is 9.47. The smallest absolute Gasteiger partial charge is 1.00 e. The van der Waals surface area contributed by atoms with Crippen LogP contribution in [0.1, 0.15) is 1.43 Å². The number of hydrogen-bond acceptors (Lipinski definition) is 9. The Kier molecular flexibility index (Phi) is 14.2. The van der Waals surface area contributed by atoms with Crippen molar-refractivity contribution in [3.8, 4) is 0 Å². The van der Waals surface area contributed by atoms with Crippen molar-refractivity contribution in [2.75, 3.05) is 0 Å². The van der Waals surface area contributed by atoms with Gasteiger partial charge in [0.1, 0.15) is 0 Å². The third-order valence-electron chi connectivity index (χ3n) is 0.498. The van der Waals surface area contributed by atoms with Crippen LogP contribution in [-0.2, 0) is 33.4 Å². The molecule has 0 aliphatic rings. The maximum absolute atomic E-state index is 10.4. The summed E-state index contributed by atoms with van der Waals surface area (Å²) in [5.41, 5.74) is 0. The van der Waals surface area contributed by atoms with Crippen molar-refractivity contribution >= 4 is 32.0 Å². The van der Waals surface area contributed by atoms with E-state index in [-0.39, 0.29) is 20.3 Å². The second kappa shape index (κ2) is 11.9. The molecule has 11 nitrogen and oxygen atoms in total. The fraction of sp³-hybridized carbons (Fsp3) is 0. The summed E-state index contributed by atoms with van der Waals surface area (Å²) < 4.78 is 19.0. The van der Waals surface area contributed by atoms with Gasteiger partial charge in [0.25, 0.3) is 12.2 Å². The molecular weight excluding hydrogens is 277 g/mol. The Morgan fingerprint density at radius 2 is 1.33 bits per heavy atom. The average Bonchev–Trinajstić information content (AvgIpc) is 2.20. The van der Waals surface area contributed by atoms with E-state index >= 15 is 0 Å². The summed E-state index contributed by atoms with van der Waals surface area (Å²) in [4.78, 5) is 60.2. The van der Waals surface area contributed by atoms with Gasteiger partial charge in [0.2, 0.25) is 0 Å². The van der Waals surface area contributed by atoms with E-state index in [0.29, 0.717) is 0 Å². The van der Waals surface area contributed by atoms with Crippen LogP contribution in [0.2, 0.25) is 0 Å². The molecule has 0 bridgehead atoms. The zero-order valence-corrected chi connectivity index (χ0v) is 9.37. The molecule has 0 fully saturated rings. The van der Waals surface area contributed by atoms with Crippen LogP contribution in [-0.4, -0.2) is 33.9 Å². The van der Waals surface area contributed by atoms with Crippen molar-refractivity contribution in [2.24, 2.45) is 10.3 Å². The predicted molar refractivity (Wildman–Crippen MR) is 42.7 cm³/mol. The largest absolute Gasteiger partial charge is 1.00 e. The molecule has 0 aromatic carbocycles. The fourth-order valence-electron chi connectivity index (χ4n) is 0.195. The molecule has 0 atom stereocenters. The number of isocyanates is 2. The van der Waals surface area contributed by atoms with Gasteiger partial charge in [0.05, 0.1) is 0 Å². The molecule has 0 aromatic heterocycles. The molecule has 14 heteroatoms. The van der Waals surface area contributed by atoms with Crippen molar-refractivity contribution in [2.45, 2.75) is 0 Å². The quantitative estimate of drug-likeness (QED) is 0.0966. The van der Waals surface area contributed by atoms with E-state index in [1.807, 2.05) is 0 Å². The van der Waals surface area contributed by atoms with Crippen molar-refractivity contribution in [3.63, 3.8) is 0 Å². The first-order valence-corrected chi connectivity index (χ1v) is 4.54. The van der Waals surface area contributed by atoms with Crippen LogP contribution in [0, 0.1) is 0 Å². The SMILES string of the molecule is O=C=NOC(=O)C(=O)ON=C=O.O=P(O)(O)F.[H-].[Li+]. The summed E-state index contributed by atoms with van der Waals surface area (Å²) in [7, 11) is -5.14. The number of halogens is 1. The van der Waals surface area contributed by atoms with Gasteiger partial charge < -0.3 is 1.43 Å². The summed E-state index contributed by atoms with van der Waals surface area (Å²) in [6.45, 7) is 0. The van der Waals surface area contributed by atoms with Gasteiger partial charge in [0, 0.05) is 10.3 Å². The Hall–Kier alpha value is -1.62. The van der Waals surface area contributed by atoms with Crippen LogP contribution < -0.4 is 18.9 Å². The van der Waals surface area contributed by atoms with Crippen LogP contribution in [0.15, 0.2) is 10.3 Å². The fourth-order valence-corrected chi connectivity index (χ4v) is 0.195. The number of rotatable bonds is 2. The molecule has 96 valence electrons. The van der Waals surface area contributed by atoms with Gasteiger partial charge in [-0.25, -0.2) is 23.7 Å². The molecule has 0 spiro atoms. The van der Waals surface area contributed by atoms with E-state index in [0.717, 1.165) is 12.2 Å². The maximum Gasteiger partial charge on any atom is 1.00 e. The van der Waals surface area contributed by atoms with Crippen molar-refractivity contribution in [1.29, 1.82) is 0 Å². The van der Waals surface area contributed by atoms with Crippen LogP contribution in [0.3, 0.4) is 0 Å². The number of carbonyl (C=O) groups excluding carboxylic acids is 4. The van der Waals surface area contributed by atoms with Gasteiger partial charge in [-0.2, -0.15) is 0 Å². The maximum atomic E-state index is 10.4. The number of hydrogen-bond donors (Lipinski definition) is 2. The van der Waals surface area contributed by atoms with E-state index in [1.54, 1.807) is 0 Å². The van der Waals surface area contributed by atoms with Gasteiger partial charge in [-0.1, -0.05) is 0 Å². The normalized spacial score (nSPS) is 7.94. The van der Waals surface area contributed by atoms with Gasteiger partial charge in [0.15, 0.2) is 0 Å². The molecule has 0 aliphatic heterocycles. The van der Waals surface area contributed by atoms with Crippen molar-refractivity contribution in [1.82, 2.24) is 0 Å². The number of carbonyl (C=O) groups is 2. The van der Waals surface area contributed by atoms with Crippen molar-refractivity contribution in [3.05, 3.63) is 0 Å². The van der Waals surface area contributed by atoms with Crippen LogP contribution >= 0.6 is 7.91 Å². The molecule has 0 unspecified atom stereocenters. The monoisotopic (exact) mass is 280 g/mol. The Labute approximate surface area is 111 Å². The molecule has 0 amide bonds. The van der Waals surface area contributed by atoms with Gasteiger partial charge in [-0.3, -0.25) is 19.5 Å². The topological polar surface area (TPSA) is 169 Å². The molecule has 0 aromatic rings. The molecule has 18 heavy (non-hydrogen) atoms. The first kappa shape index (κ1) is 21.6. The van der Waals surface area contributed by atoms with E-state index < -0.39 is 19.8 Å². The van der Waals surface area contributed by atoms with Crippen LogP contribution in [0.4, 0.5) is 4.20 Å². The summed E-state index contributed by atoms with van der Waals surface area (Å²) in [6, 6.07) is 0. The van der Waals surface area contributed by atoms with Gasteiger partial charge >= 0.3 is 38.7 Å². The standard InChI is InChI=1S/C4N2O6.FH2O3P.Li.H/c7-1-5-11-3(9)4(10)12-6-2-8;1-5(2,3)4;;/h;(H2,2,3,4);;/q;;+1;-1. The first-order valence-electron chi connectivity index (χ1n) is 3.04. The van der Waals surface area contributed by atoms with E-state index in [1.165, 1.54) is 0 Å². The van der Waals surface area contributed by atoms with E-state index in [9.17, 15) is 23.4 Å². The van der Waals surface area contributed by atoms with E-state index in [4.69, 9.17) is 14.4 Å². The van der Waals surface area contributed by atoms with Gasteiger partial charge in [-0.05, 0) is 0 Å². The summed E-state index contributed by atoms with van der Waals surface area (Å²) >= 11 is 0. The summed E-state index contributed by atoms with van der Waals surface area (Å²) in [6.07, 6.45) is 1.65. The first-order chi connectivity index (χ1) is 7.72. The molecule has 0 saturated carbocycles. The Morgan fingerprint density at radius 1 is 1.11 bits per heavy atom. The molecule has 0 radical (unpaired) electrons. The Bertz CT molecular complexity index is 390. The minimum Gasteiger partial charge on any atom is -1.00 e. The zero-order chi connectivity index (χ0) is 13.9. The summed E-state index contributed by atoms with van der Waals surface area (Å²) in [5.74, 6) is -3.20. The molecule has 0 heterocycles. The van der Waals surface area contributed by atoms with E-state index in [2.05, 4.69) is 20.0 Å². The second-order valence-corrected chi connectivity index (χ2v) is 2.54.